The van der Waals surface area contributed by atoms with Gasteiger partial charge in [-0.05, 0) is 44.3 Å². The van der Waals surface area contributed by atoms with Crippen molar-refractivity contribution in [2.75, 3.05) is 0 Å². The van der Waals surface area contributed by atoms with Gasteiger partial charge < -0.3 is 24.4 Å². The minimum absolute atomic E-state index is 0.0610. The van der Waals surface area contributed by atoms with Crippen LogP contribution in [-0.2, 0) is 23.8 Å². The second kappa shape index (κ2) is 14.7. The molecule has 0 aromatic carbocycles. The van der Waals surface area contributed by atoms with Gasteiger partial charge in [0.1, 0.15) is 11.7 Å². The third kappa shape index (κ3) is 10.1. The molecule has 9 heteroatoms. The van der Waals surface area contributed by atoms with Crippen LogP contribution in [-0.4, -0.2) is 64.3 Å². The van der Waals surface area contributed by atoms with Crippen molar-refractivity contribution in [2.24, 2.45) is 22.9 Å². The van der Waals surface area contributed by atoms with Crippen LogP contribution in [0.3, 0.4) is 0 Å². The van der Waals surface area contributed by atoms with Crippen molar-refractivity contribution in [1.82, 2.24) is 0 Å². The molecule has 10 atom stereocenters. The van der Waals surface area contributed by atoms with Crippen molar-refractivity contribution < 1.29 is 34.0 Å². The molecule has 0 radical (unpaired) electrons. The molecule has 2 rings (SSSR count). The summed E-state index contributed by atoms with van der Waals surface area (Å²) in [6, 6.07) is -0.228. The number of nitroso groups, excluding NO2 is 1. The molecule has 10 unspecified atom stereocenters. The predicted octanol–water partition coefficient (Wildman–Crippen LogP) is 4.57. The summed E-state index contributed by atoms with van der Waals surface area (Å²) in [5.74, 6) is -1.12. The Hall–Kier alpha value is -2.62. The molecule has 1 fully saturated rings. The van der Waals surface area contributed by atoms with Gasteiger partial charge in [0.25, 0.3) is 0 Å². The van der Waals surface area contributed by atoms with Crippen LogP contribution in [0, 0.1) is 22.7 Å². The third-order valence-electron chi connectivity index (χ3n) is 7.38. The van der Waals surface area contributed by atoms with Gasteiger partial charge in [-0.25, -0.2) is 0 Å². The lowest BCUT2D eigenvalue weighted by molar-refractivity contribution is -0.152. The molecule has 218 valence electrons. The van der Waals surface area contributed by atoms with E-state index in [9.17, 15) is 24.7 Å². The lowest BCUT2D eigenvalue weighted by atomic mass is 9.91. The van der Waals surface area contributed by atoms with Crippen LogP contribution in [0.25, 0.3) is 0 Å². The van der Waals surface area contributed by atoms with Gasteiger partial charge in [-0.15, -0.1) is 0 Å². The molecule has 0 aliphatic carbocycles. The number of cyclic esters (lactones) is 1. The summed E-state index contributed by atoms with van der Waals surface area (Å²) in [5, 5.41) is 24.3. The summed E-state index contributed by atoms with van der Waals surface area (Å²) < 4.78 is 16.9. The van der Waals surface area contributed by atoms with Crippen molar-refractivity contribution in [3.63, 3.8) is 0 Å². The fourth-order valence-electron chi connectivity index (χ4n) is 4.86. The number of epoxide rings is 1. The predicted molar refractivity (Wildman–Crippen MR) is 149 cm³/mol. The molecule has 0 saturated carbocycles. The molecule has 0 aromatic heterocycles. The first kappa shape index (κ1) is 32.6. The molecular weight excluding hydrogens is 502 g/mol. The van der Waals surface area contributed by atoms with Gasteiger partial charge in [0.2, 0.25) is 0 Å². The average molecular weight is 548 g/mol. The van der Waals surface area contributed by atoms with Gasteiger partial charge >= 0.3 is 11.9 Å². The van der Waals surface area contributed by atoms with Crippen molar-refractivity contribution in [1.29, 1.82) is 0 Å². The summed E-state index contributed by atoms with van der Waals surface area (Å²) in [4.78, 5) is 35.2. The highest BCUT2D eigenvalue weighted by Gasteiger charge is 2.45. The van der Waals surface area contributed by atoms with Crippen molar-refractivity contribution in [2.45, 2.75) is 110 Å². The quantitative estimate of drug-likeness (QED) is 0.133. The Morgan fingerprint density at radius 3 is 2.59 bits per heavy atom. The van der Waals surface area contributed by atoms with Gasteiger partial charge in [0.15, 0.2) is 6.10 Å². The SMILES string of the molecule is CCC(N=O)C(C)C1OC1CC(C)/C=C/C=C(\C)C1OC(=O)CC(O)/C=C/C(C)(O)C(OC(C)=O)/C=C/C1C. The van der Waals surface area contributed by atoms with Gasteiger partial charge in [-0.1, -0.05) is 69.3 Å². The zero-order chi connectivity index (χ0) is 29.3. The number of esters is 2. The smallest absolute Gasteiger partial charge is 0.309 e. The van der Waals surface area contributed by atoms with Gasteiger partial charge in [-0.3, -0.25) is 9.59 Å². The van der Waals surface area contributed by atoms with E-state index in [0.717, 1.165) is 12.0 Å². The topological polar surface area (TPSA) is 135 Å². The number of ether oxygens (including phenoxy) is 3. The normalized spacial score (nSPS) is 36.0. The molecule has 2 aliphatic rings. The first-order valence-electron chi connectivity index (χ1n) is 13.8. The summed E-state index contributed by atoms with van der Waals surface area (Å²) in [7, 11) is 0. The number of hydrogen-bond acceptors (Lipinski definition) is 9. The molecule has 2 aliphatic heterocycles. The fourth-order valence-corrected chi connectivity index (χ4v) is 4.86. The first-order valence-corrected chi connectivity index (χ1v) is 13.8. The van der Waals surface area contributed by atoms with Crippen molar-refractivity contribution in [3.05, 3.63) is 53.0 Å². The second-order valence-electron chi connectivity index (χ2n) is 11.1. The van der Waals surface area contributed by atoms with Crippen LogP contribution in [0.2, 0.25) is 0 Å². The monoisotopic (exact) mass is 547 g/mol. The number of aliphatic hydroxyl groups is 2. The Balaban J connectivity index is 2.13. The van der Waals surface area contributed by atoms with Crippen LogP contribution >= 0.6 is 0 Å². The van der Waals surface area contributed by atoms with Crippen LogP contribution in [0.15, 0.2) is 53.3 Å². The van der Waals surface area contributed by atoms with Crippen LogP contribution in [0.1, 0.15) is 67.7 Å². The Morgan fingerprint density at radius 1 is 1.28 bits per heavy atom. The zero-order valence-corrected chi connectivity index (χ0v) is 24.2. The number of rotatable bonds is 10. The Morgan fingerprint density at radius 2 is 1.97 bits per heavy atom. The maximum Gasteiger partial charge on any atom is 0.309 e. The zero-order valence-electron chi connectivity index (χ0n) is 24.2. The number of carbonyl (C=O) groups is 2. The van der Waals surface area contributed by atoms with E-state index in [-0.39, 0.29) is 42.4 Å². The standard InChI is InChI=1S/C30H45NO8/c1-8-24(31-36)21(5)29-25(38-29)16-18(2)10-9-11-19(3)28-20(4)12-13-26(37-22(6)32)30(7,35)15-14-23(33)17-27(34)39-28/h9-15,18,20-21,23-26,28-29,33,35H,8,16-17H2,1-7H3/b10-9+,13-12+,15-14+,19-11+. The molecule has 1 saturated heterocycles. The highest BCUT2D eigenvalue weighted by atomic mass is 16.6. The molecule has 2 N–H and O–H groups in total. The van der Waals surface area contributed by atoms with E-state index >= 15 is 0 Å². The van der Waals surface area contributed by atoms with Gasteiger partial charge in [0, 0.05) is 18.8 Å². The summed E-state index contributed by atoms with van der Waals surface area (Å²) in [6.07, 6.45) is 10.4. The van der Waals surface area contributed by atoms with E-state index in [2.05, 4.69) is 18.2 Å². The lowest BCUT2D eigenvalue weighted by Gasteiger charge is -2.29. The van der Waals surface area contributed by atoms with E-state index in [1.165, 1.54) is 26.0 Å². The summed E-state index contributed by atoms with van der Waals surface area (Å²) >= 11 is 0. The van der Waals surface area contributed by atoms with E-state index in [1.807, 2.05) is 39.8 Å². The first-order chi connectivity index (χ1) is 18.3. The van der Waals surface area contributed by atoms with Crippen molar-refractivity contribution >= 4 is 11.9 Å². The molecule has 39 heavy (non-hydrogen) atoms. The maximum absolute atomic E-state index is 12.6. The largest absolute Gasteiger partial charge is 0.457 e. The Labute approximate surface area is 231 Å². The average Bonchev–Trinajstić information content (AvgIpc) is 3.62. The van der Waals surface area contributed by atoms with Crippen LogP contribution in [0.5, 0.6) is 0 Å². The molecule has 0 aromatic rings. The minimum atomic E-state index is -1.59. The molecule has 9 nitrogen and oxygen atoms in total. The van der Waals surface area contributed by atoms with E-state index in [0.29, 0.717) is 6.42 Å². The number of allylic oxidation sites excluding steroid dienone is 3. The number of aliphatic hydroxyl groups excluding tert-OH is 1. The minimum Gasteiger partial charge on any atom is -0.457 e. The van der Waals surface area contributed by atoms with E-state index < -0.39 is 35.9 Å². The molecule has 0 spiro atoms. The van der Waals surface area contributed by atoms with Gasteiger partial charge in [-0.2, -0.15) is 4.91 Å². The number of nitrogens with zero attached hydrogens (tertiary/aromatic N) is 1. The Bertz CT molecular complexity index is 968. The second-order valence-corrected chi connectivity index (χ2v) is 11.1. The number of hydrogen-bond donors (Lipinski definition) is 2. The lowest BCUT2D eigenvalue weighted by Crippen LogP contribution is -2.40. The van der Waals surface area contributed by atoms with Crippen LogP contribution in [0.4, 0.5) is 0 Å². The van der Waals surface area contributed by atoms with Gasteiger partial charge in [0.05, 0.1) is 30.8 Å². The molecular formula is C30H45NO8. The number of carbonyl (C=O) groups excluding carboxylic acids is 2. The fraction of sp³-hybridized carbons (Fsp3) is 0.667. The van der Waals surface area contributed by atoms with Crippen LogP contribution < -0.4 is 0 Å². The molecule has 0 bridgehead atoms. The summed E-state index contributed by atoms with van der Waals surface area (Å²) in [6.45, 7) is 12.5. The highest BCUT2D eigenvalue weighted by Crippen LogP contribution is 2.37. The molecule has 2 heterocycles. The highest BCUT2D eigenvalue weighted by molar-refractivity contribution is 5.71. The molecule has 0 amide bonds. The maximum atomic E-state index is 12.6. The van der Waals surface area contributed by atoms with Crippen molar-refractivity contribution in [3.8, 4) is 0 Å². The third-order valence-corrected chi connectivity index (χ3v) is 7.38. The van der Waals surface area contributed by atoms with E-state index in [4.69, 9.17) is 14.2 Å². The Kier molecular flexibility index (Phi) is 12.3. The summed E-state index contributed by atoms with van der Waals surface area (Å²) in [5.41, 5.74) is -0.798. The van der Waals surface area contributed by atoms with E-state index in [1.54, 1.807) is 12.2 Å².